The summed E-state index contributed by atoms with van der Waals surface area (Å²) in [5.74, 6) is 0.0743. The van der Waals surface area contributed by atoms with Crippen LogP contribution in [0.3, 0.4) is 0 Å². The SMILES string of the molecule is CNC(=O)[C@]1(c2ccccn2)CCCN(Cc2ccccc2N2CCCCC2)C1. The van der Waals surface area contributed by atoms with Gasteiger partial charge in [-0.3, -0.25) is 14.7 Å². The van der Waals surface area contributed by atoms with Gasteiger partial charge in [0.15, 0.2) is 0 Å². The molecule has 0 saturated carbocycles. The van der Waals surface area contributed by atoms with E-state index in [4.69, 9.17) is 0 Å². The molecule has 1 N–H and O–H groups in total. The number of likely N-dealkylation sites (tertiary alicyclic amines) is 1. The molecule has 1 amide bonds. The topological polar surface area (TPSA) is 48.5 Å². The van der Waals surface area contributed by atoms with Crippen molar-refractivity contribution in [3.05, 3.63) is 59.9 Å². The van der Waals surface area contributed by atoms with Crippen LogP contribution in [-0.2, 0) is 16.8 Å². The van der Waals surface area contributed by atoms with Crippen molar-refractivity contribution in [2.75, 3.05) is 38.1 Å². The lowest BCUT2D eigenvalue weighted by molar-refractivity contribution is -0.128. The van der Waals surface area contributed by atoms with Crippen LogP contribution in [0.4, 0.5) is 5.69 Å². The fraction of sp³-hybridized carbons (Fsp3) is 0.500. The van der Waals surface area contributed by atoms with Crippen molar-refractivity contribution in [3.63, 3.8) is 0 Å². The quantitative estimate of drug-likeness (QED) is 0.848. The van der Waals surface area contributed by atoms with Crippen LogP contribution in [0.25, 0.3) is 0 Å². The number of hydrogen-bond acceptors (Lipinski definition) is 4. The van der Waals surface area contributed by atoms with Gasteiger partial charge in [0, 0.05) is 45.1 Å². The Morgan fingerprint density at radius 2 is 1.83 bits per heavy atom. The van der Waals surface area contributed by atoms with Crippen LogP contribution in [0, 0.1) is 0 Å². The zero-order valence-electron chi connectivity index (χ0n) is 17.4. The van der Waals surface area contributed by atoms with Gasteiger partial charge in [-0.15, -0.1) is 0 Å². The Labute approximate surface area is 174 Å². The van der Waals surface area contributed by atoms with E-state index in [0.717, 1.165) is 44.7 Å². The van der Waals surface area contributed by atoms with Gasteiger partial charge in [0.25, 0.3) is 0 Å². The summed E-state index contributed by atoms with van der Waals surface area (Å²) in [5, 5.41) is 2.91. The minimum atomic E-state index is -0.575. The Kier molecular flexibility index (Phi) is 6.14. The van der Waals surface area contributed by atoms with E-state index in [0.29, 0.717) is 6.54 Å². The number of hydrogen-bond donors (Lipinski definition) is 1. The van der Waals surface area contributed by atoms with Crippen LogP contribution in [0.15, 0.2) is 48.7 Å². The second-order valence-corrected chi connectivity index (χ2v) is 8.37. The van der Waals surface area contributed by atoms with E-state index in [-0.39, 0.29) is 5.91 Å². The highest BCUT2D eigenvalue weighted by Crippen LogP contribution is 2.35. The van der Waals surface area contributed by atoms with Gasteiger partial charge in [0.05, 0.1) is 5.69 Å². The van der Waals surface area contributed by atoms with E-state index in [2.05, 4.69) is 44.4 Å². The lowest BCUT2D eigenvalue weighted by Crippen LogP contribution is -2.54. The van der Waals surface area contributed by atoms with Crippen LogP contribution in [0.1, 0.15) is 43.4 Å². The molecule has 3 heterocycles. The number of para-hydroxylation sites is 1. The maximum Gasteiger partial charge on any atom is 0.233 e. The molecule has 0 spiro atoms. The number of piperidine rings is 2. The molecule has 4 rings (SSSR count). The minimum absolute atomic E-state index is 0.0743. The standard InChI is InChI=1S/C24H32N4O/c1-25-23(29)24(22-12-5-6-14-26-22)13-9-15-27(19-24)18-20-10-3-4-11-21(20)28-16-7-2-8-17-28/h3-6,10-12,14H,2,7-9,13,15-19H2,1H3,(H,25,29)/t24-/m1/s1. The van der Waals surface area contributed by atoms with Crippen molar-refractivity contribution < 1.29 is 4.79 Å². The average Bonchev–Trinajstić information content (AvgIpc) is 2.80. The summed E-state index contributed by atoms with van der Waals surface area (Å²) in [6.45, 7) is 4.89. The summed E-state index contributed by atoms with van der Waals surface area (Å²) < 4.78 is 0. The average molecular weight is 393 g/mol. The van der Waals surface area contributed by atoms with E-state index >= 15 is 0 Å². The molecule has 154 valence electrons. The Morgan fingerprint density at radius 1 is 1.03 bits per heavy atom. The van der Waals surface area contributed by atoms with Crippen LogP contribution < -0.4 is 10.2 Å². The summed E-state index contributed by atoms with van der Waals surface area (Å²) in [7, 11) is 1.73. The van der Waals surface area contributed by atoms with E-state index < -0.39 is 5.41 Å². The fourth-order valence-electron chi connectivity index (χ4n) is 5.00. The van der Waals surface area contributed by atoms with Crippen molar-refractivity contribution >= 4 is 11.6 Å². The summed E-state index contributed by atoms with van der Waals surface area (Å²) >= 11 is 0. The Morgan fingerprint density at radius 3 is 2.59 bits per heavy atom. The van der Waals surface area contributed by atoms with Gasteiger partial charge >= 0.3 is 0 Å². The molecule has 5 heteroatoms. The Bertz CT molecular complexity index is 819. The van der Waals surface area contributed by atoms with Crippen molar-refractivity contribution in [1.29, 1.82) is 0 Å². The zero-order chi connectivity index (χ0) is 20.1. The molecular formula is C24H32N4O. The molecule has 2 aliphatic rings. The minimum Gasteiger partial charge on any atom is -0.371 e. The molecular weight excluding hydrogens is 360 g/mol. The highest BCUT2D eigenvalue weighted by Gasteiger charge is 2.44. The molecule has 0 bridgehead atoms. The van der Waals surface area contributed by atoms with E-state index in [1.165, 1.54) is 30.5 Å². The number of benzene rings is 1. The van der Waals surface area contributed by atoms with Gasteiger partial charge in [-0.05, 0) is 62.4 Å². The summed E-state index contributed by atoms with van der Waals surface area (Å²) in [6, 6.07) is 14.7. The first-order chi connectivity index (χ1) is 14.2. The first-order valence-corrected chi connectivity index (χ1v) is 10.9. The number of rotatable bonds is 5. The Balaban J connectivity index is 1.58. The monoisotopic (exact) mass is 392 g/mol. The van der Waals surface area contributed by atoms with Crippen molar-refractivity contribution in [2.45, 2.75) is 44.1 Å². The summed E-state index contributed by atoms with van der Waals surface area (Å²) in [6.07, 6.45) is 7.52. The number of anilines is 1. The number of carbonyl (C=O) groups excluding carboxylic acids is 1. The normalized spacial score (nSPS) is 23.0. The van der Waals surface area contributed by atoms with Crippen molar-refractivity contribution in [2.24, 2.45) is 0 Å². The molecule has 1 atom stereocenters. The number of pyridine rings is 1. The number of nitrogens with one attached hydrogen (secondary N) is 1. The van der Waals surface area contributed by atoms with Gasteiger partial charge < -0.3 is 10.2 Å². The van der Waals surface area contributed by atoms with Crippen molar-refractivity contribution in [1.82, 2.24) is 15.2 Å². The third-order valence-electron chi connectivity index (χ3n) is 6.47. The lowest BCUT2D eigenvalue weighted by Gasteiger charge is -2.41. The van der Waals surface area contributed by atoms with Gasteiger partial charge in [0.1, 0.15) is 5.41 Å². The molecule has 1 aromatic carbocycles. The maximum absolute atomic E-state index is 13.0. The Hall–Kier alpha value is -2.40. The summed E-state index contributed by atoms with van der Waals surface area (Å²) in [4.78, 5) is 22.6. The van der Waals surface area contributed by atoms with E-state index in [9.17, 15) is 4.79 Å². The first kappa shape index (κ1) is 19.9. The van der Waals surface area contributed by atoms with Gasteiger partial charge in [-0.25, -0.2) is 0 Å². The molecule has 0 unspecified atom stereocenters. The number of carbonyl (C=O) groups is 1. The van der Waals surface area contributed by atoms with E-state index in [1.807, 2.05) is 18.2 Å². The van der Waals surface area contributed by atoms with Crippen molar-refractivity contribution in [3.8, 4) is 0 Å². The fourth-order valence-corrected chi connectivity index (χ4v) is 5.00. The predicted molar refractivity (Wildman–Crippen MR) is 117 cm³/mol. The molecule has 2 aliphatic heterocycles. The molecule has 29 heavy (non-hydrogen) atoms. The molecule has 5 nitrogen and oxygen atoms in total. The van der Waals surface area contributed by atoms with Gasteiger partial charge in [0.2, 0.25) is 5.91 Å². The molecule has 0 radical (unpaired) electrons. The number of likely N-dealkylation sites (N-methyl/N-ethyl adjacent to an activating group) is 1. The smallest absolute Gasteiger partial charge is 0.233 e. The van der Waals surface area contributed by atoms with Gasteiger partial charge in [-0.1, -0.05) is 24.3 Å². The second kappa shape index (κ2) is 8.95. The molecule has 2 fully saturated rings. The van der Waals surface area contributed by atoms with E-state index in [1.54, 1.807) is 13.2 Å². The first-order valence-electron chi connectivity index (χ1n) is 10.9. The maximum atomic E-state index is 13.0. The van der Waals surface area contributed by atoms with Crippen LogP contribution >= 0.6 is 0 Å². The number of nitrogens with zero attached hydrogens (tertiary/aromatic N) is 3. The van der Waals surface area contributed by atoms with Crippen LogP contribution in [-0.4, -0.2) is 49.0 Å². The summed E-state index contributed by atoms with van der Waals surface area (Å²) in [5.41, 5.74) is 3.03. The van der Waals surface area contributed by atoms with Crippen LogP contribution in [0.2, 0.25) is 0 Å². The highest BCUT2D eigenvalue weighted by atomic mass is 16.2. The lowest BCUT2D eigenvalue weighted by atomic mass is 9.75. The largest absolute Gasteiger partial charge is 0.371 e. The molecule has 0 aliphatic carbocycles. The zero-order valence-corrected chi connectivity index (χ0v) is 17.4. The van der Waals surface area contributed by atoms with Gasteiger partial charge in [-0.2, -0.15) is 0 Å². The third kappa shape index (κ3) is 4.15. The van der Waals surface area contributed by atoms with Crippen LogP contribution in [0.5, 0.6) is 0 Å². The predicted octanol–water partition coefficient (Wildman–Crippen LogP) is 3.35. The second-order valence-electron chi connectivity index (χ2n) is 8.37. The number of amides is 1. The number of aromatic nitrogens is 1. The molecule has 2 saturated heterocycles. The highest BCUT2D eigenvalue weighted by molar-refractivity contribution is 5.88. The molecule has 1 aromatic heterocycles. The molecule has 2 aromatic rings. The third-order valence-corrected chi connectivity index (χ3v) is 6.47.